The Bertz CT molecular complexity index is 228. The minimum atomic E-state index is -4.02. The summed E-state index contributed by atoms with van der Waals surface area (Å²) in [4.78, 5) is 29.0. The van der Waals surface area contributed by atoms with Crippen LogP contribution in [0.2, 0.25) is 0 Å². The molecule has 0 amide bonds. The van der Waals surface area contributed by atoms with Crippen molar-refractivity contribution in [3.05, 3.63) is 0 Å². The van der Waals surface area contributed by atoms with E-state index in [2.05, 4.69) is 0 Å². The molecule has 90 valence electrons. The van der Waals surface area contributed by atoms with E-state index in [0.29, 0.717) is 0 Å². The molecular weight excluding hydrogens is 215 g/mol. The van der Waals surface area contributed by atoms with Gasteiger partial charge in [0.25, 0.3) is 0 Å². The van der Waals surface area contributed by atoms with Gasteiger partial charge >= 0.3 is 7.60 Å². The minimum absolute atomic E-state index is 0.00188. The van der Waals surface area contributed by atoms with Crippen LogP contribution in [0.4, 0.5) is 0 Å². The third-order valence-electron chi connectivity index (χ3n) is 2.38. The summed E-state index contributed by atoms with van der Waals surface area (Å²) < 4.78 is 10.6. The maximum atomic E-state index is 11.6. The first-order valence-electron chi connectivity index (χ1n) is 5.48. The lowest BCUT2D eigenvalue weighted by Gasteiger charge is -2.13. The number of hydrogen-bond donors (Lipinski definition) is 2. The van der Waals surface area contributed by atoms with Gasteiger partial charge in [0.1, 0.15) is 5.78 Å². The van der Waals surface area contributed by atoms with Crippen molar-refractivity contribution in [3.63, 3.8) is 0 Å². The van der Waals surface area contributed by atoms with E-state index < -0.39 is 7.60 Å². The summed E-state index contributed by atoms with van der Waals surface area (Å²) in [5, 5.41) is 0. The summed E-state index contributed by atoms with van der Waals surface area (Å²) in [5.41, 5.74) is 0. The van der Waals surface area contributed by atoms with Gasteiger partial charge in [-0.3, -0.25) is 9.36 Å². The Kier molecular flexibility index (Phi) is 7.07. The molecule has 0 fully saturated rings. The Morgan fingerprint density at radius 3 is 2.00 bits per heavy atom. The summed E-state index contributed by atoms with van der Waals surface area (Å²) in [5.74, 6) is -0.00595. The zero-order valence-corrected chi connectivity index (χ0v) is 10.4. The molecule has 0 aliphatic heterocycles. The molecule has 0 aromatic heterocycles. The summed E-state index contributed by atoms with van der Waals surface area (Å²) in [7, 11) is -4.02. The molecule has 15 heavy (non-hydrogen) atoms. The van der Waals surface area contributed by atoms with Gasteiger partial charge in [-0.25, -0.2) is 0 Å². The van der Waals surface area contributed by atoms with Crippen LogP contribution in [0.15, 0.2) is 0 Å². The first-order chi connectivity index (χ1) is 6.90. The highest BCUT2D eigenvalue weighted by Crippen LogP contribution is 2.35. The second-order valence-corrected chi connectivity index (χ2v) is 5.66. The van der Waals surface area contributed by atoms with Crippen molar-refractivity contribution in [1.82, 2.24) is 0 Å². The van der Waals surface area contributed by atoms with Gasteiger partial charge in [0.2, 0.25) is 0 Å². The van der Waals surface area contributed by atoms with Crippen LogP contribution in [0.25, 0.3) is 0 Å². The molecule has 0 saturated heterocycles. The summed E-state index contributed by atoms with van der Waals surface area (Å²) in [6, 6.07) is 0. The van der Waals surface area contributed by atoms with E-state index in [1.807, 2.05) is 13.8 Å². The topological polar surface area (TPSA) is 74.6 Å². The maximum absolute atomic E-state index is 11.6. The SMILES string of the molecule is CCCC(CCC)C(=O)CCP(=O)(O)O. The van der Waals surface area contributed by atoms with E-state index in [0.717, 1.165) is 25.7 Å². The van der Waals surface area contributed by atoms with E-state index in [1.165, 1.54) is 0 Å². The number of Topliss-reactive ketones (excluding diaryl/α,β-unsaturated/α-hetero) is 1. The predicted molar refractivity (Wildman–Crippen MR) is 59.8 cm³/mol. The molecule has 2 N–H and O–H groups in total. The highest BCUT2D eigenvalue weighted by atomic mass is 31.2. The second-order valence-electron chi connectivity index (χ2n) is 3.88. The molecule has 0 unspecified atom stereocenters. The van der Waals surface area contributed by atoms with Crippen molar-refractivity contribution in [1.29, 1.82) is 0 Å². The van der Waals surface area contributed by atoms with Gasteiger partial charge < -0.3 is 9.79 Å². The number of carbonyl (C=O) groups excluding carboxylic acids is 1. The Balaban J connectivity index is 4.08. The van der Waals surface area contributed by atoms with Gasteiger partial charge in [-0.05, 0) is 12.8 Å². The Hall–Kier alpha value is -0.180. The van der Waals surface area contributed by atoms with Gasteiger partial charge in [-0.15, -0.1) is 0 Å². The Morgan fingerprint density at radius 1 is 1.20 bits per heavy atom. The van der Waals surface area contributed by atoms with E-state index in [1.54, 1.807) is 0 Å². The molecule has 4 nitrogen and oxygen atoms in total. The zero-order valence-electron chi connectivity index (χ0n) is 9.48. The van der Waals surface area contributed by atoms with E-state index >= 15 is 0 Å². The van der Waals surface area contributed by atoms with Crippen molar-refractivity contribution in [2.24, 2.45) is 5.92 Å². The average molecular weight is 236 g/mol. The molecule has 0 atom stereocenters. The van der Waals surface area contributed by atoms with Gasteiger partial charge in [0.05, 0.1) is 6.16 Å². The molecule has 0 aliphatic rings. The largest absolute Gasteiger partial charge is 0.326 e. The molecule has 0 aromatic rings. The fraction of sp³-hybridized carbons (Fsp3) is 0.900. The standard InChI is InChI=1S/C10H21O4P/c1-3-5-9(6-4-2)10(11)7-8-15(12,13)14/h9H,3-8H2,1-2H3,(H2,12,13,14). The molecule has 0 spiro atoms. The fourth-order valence-electron chi connectivity index (χ4n) is 1.62. The van der Waals surface area contributed by atoms with Gasteiger partial charge in [0.15, 0.2) is 0 Å². The summed E-state index contributed by atoms with van der Waals surface area (Å²) in [6.07, 6.45) is 3.23. The lowest BCUT2D eigenvalue weighted by molar-refractivity contribution is -0.123. The van der Waals surface area contributed by atoms with Gasteiger partial charge in [-0.2, -0.15) is 0 Å². The van der Waals surface area contributed by atoms with E-state index in [4.69, 9.17) is 9.79 Å². The molecule has 0 aliphatic carbocycles. The number of rotatable bonds is 8. The van der Waals surface area contributed by atoms with Crippen LogP contribution in [0, 0.1) is 5.92 Å². The minimum Gasteiger partial charge on any atom is -0.324 e. The van der Waals surface area contributed by atoms with Crippen molar-refractivity contribution in [3.8, 4) is 0 Å². The predicted octanol–water partition coefficient (Wildman–Crippen LogP) is 2.34. The van der Waals surface area contributed by atoms with Crippen molar-refractivity contribution in [2.75, 3.05) is 6.16 Å². The summed E-state index contributed by atoms with van der Waals surface area (Å²) >= 11 is 0. The molecule has 0 saturated carbocycles. The van der Waals surface area contributed by atoms with Crippen molar-refractivity contribution in [2.45, 2.75) is 46.0 Å². The van der Waals surface area contributed by atoms with Crippen LogP contribution >= 0.6 is 7.60 Å². The van der Waals surface area contributed by atoms with Crippen LogP contribution in [0.3, 0.4) is 0 Å². The molecule has 0 heterocycles. The van der Waals surface area contributed by atoms with Crippen LogP contribution < -0.4 is 0 Å². The quantitative estimate of drug-likeness (QED) is 0.634. The lowest BCUT2D eigenvalue weighted by atomic mass is 9.92. The number of ketones is 1. The first-order valence-corrected chi connectivity index (χ1v) is 7.27. The third-order valence-corrected chi connectivity index (χ3v) is 3.19. The van der Waals surface area contributed by atoms with Crippen LogP contribution in [-0.4, -0.2) is 21.7 Å². The summed E-state index contributed by atoms with van der Waals surface area (Å²) in [6.45, 7) is 4.03. The Labute approximate surface area is 91.2 Å². The van der Waals surface area contributed by atoms with E-state index in [9.17, 15) is 9.36 Å². The fourth-order valence-corrected chi connectivity index (χ4v) is 2.13. The highest BCUT2D eigenvalue weighted by molar-refractivity contribution is 7.51. The molecule has 0 bridgehead atoms. The molecule has 0 aromatic carbocycles. The molecule has 5 heteroatoms. The smallest absolute Gasteiger partial charge is 0.324 e. The third kappa shape index (κ3) is 7.71. The first kappa shape index (κ1) is 14.8. The average Bonchev–Trinajstić information content (AvgIpc) is 2.13. The maximum Gasteiger partial charge on any atom is 0.326 e. The molecule has 0 radical (unpaired) electrons. The lowest BCUT2D eigenvalue weighted by Crippen LogP contribution is -2.15. The van der Waals surface area contributed by atoms with Crippen molar-refractivity contribution < 1.29 is 19.1 Å². The Morgan fingerprint density at radius 2 is 1.67 bits per heavy atom. The molecule has 0 rings (SSSR count). The van der Waals surface area contributed by atoms with Crippen LogP contribution in [0.1, 0.15) is 46.0 Å². The van der Waals surface area contributed by atoms with Gasteiger partial charge in [-0.1, -0.05) is 26.7 Å². The van der Waals surface area contributed by atoms with E-state index in [-0.39, 0.29) is 24.3 Å². The van der Waals surface area contributed by atoms with Gasteiger partial charge in [0, 0.05) is 12.3 Å². The normalized spacial score (nSPS) is 12.1. The monoisotopic (exact) mass is 236 g/mol. The highest BCUT2D eigenvalue weighted by Gasteiger charge is 2.20. The molecular formula is C10H21O4P. The van der Waals surface area contributed by atoms with Crippen molar-refractivity contribution >= 4 is 13.4 Å². The van der Waals surface area contributed by atoms with Crippen LogP contribution in [-0.2, 0) is 9.36 Å². The zero-order chi connectivity index (χ0) is 11.9. The number of carbonyl (C=O) groups is 1. The van der Waals surface area contributed by atoms with Crippen LogP contribution in [0.5, 0.6) is 0 Å². The second kappa shape index (κ2) is 7.15. The number of hydrogen-bond acceptors (Lipinski definition) is 2.